The maximum absolute atomic E-state index is 12.4. The van der Waals surface area contributed by atoms with Gasteiger partial charge in [-0.2, -0.15) is 5.10 Å². The summed E-state index contributed by atoms with van der Waals surface area (Å²) in [5, 5.41) is 4.96. The van der Waals surface area contributed by atoms with Gasteiger partial charge < -0.3 is 4.98 Å². The van der Waals surface area contributed by atoms with Crippen molar-refractivity contribution >= 4 is 46.4 Å². The molecule has 0 fully saturated rings. The van der Waals surface area contributed by atoms with Crippen molar-refractivity contribution in [2.24, 2.45) is 5.10 Å². The van der Waals surface area contributed by atoms with Crippen LogP contribution in [0.4, 0.5) is 0 Å². The molecule has 0 aliphatic carbocycles. The van der Waals surface area contributed by atoms with Gasteiger partial charge in [0.05, 0.1) is 22.3 Å². The minimum atomic E-state index is -0.334. The van der Waals surface area contributed by atoms with Gasteiger partial charge in [0.25, 0.3) is 5.91 Å². The Kier molecular flexibility index (Phi) is 5.10. The summed E-state index contributed by atoms with van der Waals surface area (Å²) in [6.07, 6.45) is 1.47. The zero-order valence-electron chi connectivity index (χ0n) is 14.5. The van der Waals surface area contributed by atoms with E-state index in [1.165, 1.54) is 6.21 Å². The Balaban J connectivity index is 1.52. The minimum Gasteiger partial charge on any atom is -0.338 e. The molecule has 0 aliphatic rings. The zero-order chi connectivity index (χ0) is 19.5. The fraction of sp³-hybridized carbons (Fsp3) is 0. The Labute approximate surface area is 171 Å². The highest BCUT2D eigenvalue weighted by Gasteiger charge is 2.09. The second-order valence-electron chi connectivity index (χ2n) is 6.05. The Hall–Kier alpha value is -3.15. The third-order valence-electron chi connectivity index (χ3n) is 4.12. The monoisotopic (exact) mass is 408 g/mol. The van der Waals surface area contributed by atoms with Gasteiger partial charge in [-0.3, -0.25) is 4.79 Å². The second kappa shape index (κ2) is 7.84. The molecule has 4 rings (SSSR count). The van der Waals surface area contributed by atoms with Crippen LogP contribution in [-0.4, -0.2) is 22.1 Å². The average molecular weight is 409 g/mol. The molecule has 1 heterocycles. The summed E-state index contributed by atoms with van der Waals surface area (Å²) in [6, 6.07) is 20.1. The predicted molar refractivity (Wildman–Crippen MR) is 113 cm³/mol. The van der Waals surface area contributed by atoms with E-state index < -0.39 is 0 Å². The number of carbonyl (C=O) groups excluding carboxylic acids is 1. The molecule has 0 bridgehead atoms. The van der Waals surface area contributed by atoms with Crippen molar-refractivity contribution in [2.45, 2.75) is 0 Å². The summed E-state index contributed by atoms with van der Waals surface area (Å²) in [5.41, 5.74) is 6.16. The van der Waals surface area contributed by atoms with E-state index in [-0.39, 0.29) is 5.91 Å². The van der Waals surface area contributed by atoms with Gasteiger partial charge in [0.15, 0.2) is 0 Å². The van der Waals surface area contributed by atoms with E-state index in [1.807, 2.05) is 30.3 Å². The van der Waals surface area contributed by atoms with Gasteiger partial charge in [0.2, 0.25) is 0 Å². The fourth-order valence-corrected chi connectivity index (χ4v) is 3.17. The number of aromatic amines is 1. The van der Waals surface area contributed by atoms with Gasteiger partial charge in [-0.15, -0.1) is 0 Å². The lowest BCUT2D eigenvalue weighted by Crippen LogP contribution is -2.17. The van der Waals surface area contributed by atoms with Crippen molar-refractivity contribution in [1.82, 2.24) is 15.4 Å². The Morgan fingerprint density at radius 1 is 1.04 bits per heavy atom. The zero-order valence-corrected chi connectivity index (χ0v) is 16.0. The highest BCUT2D eigenvalue weighted by molar-refractivity contribution is 6.36. The van der Waals surface area contributed by atoms with E-state index in [2.05, 4.69) is 20.5 Å². The molecule has 7 heteroatoms. The van der Waals surface area contributed by atoms with Crippen LogP contribution in [0, 0.1) is 0 Å². The number of amides is 1. The van der Waals surface area contributed by atoms with Crippen LogP contribution in [-0.2, 0) is 0 Å². The van der Waals surface area contributed by atoms with E-state index in [0.29, 0.717) is 21.2 Å². The summed E-state index contributed by atoms with van der Waals surface area (Å²) in [5.74, 6) is 0.419. The summed E-state index contributed by atoms with van der Waals surface area (Å²) >= 11 is 11.9. The molecule has 28 heavy (non-hydrogen) atoms. The maximum Gasteiger partial charge on any atom is 0.271 e. The SMILES string of the molecule is O=C(N/N=C/c1ccc(Cl)cc1Cl)c1ccc2nc(-c3ccccc3)[nH]c2c1. The van der Waals surface area contributed by atoms with E-state index in [1.54, 1.807) is 36.4 Å². The molecule has 0 saturated heterocycles. The molecule has 0 spiro atoms. The Bertz CT molecular complexity index is 1190. The molecule has 1 amide bonds. The largest absolute Gasteiger partial charge is 0.338 e. The van der Waals surface area contributed by atoms with E-state index in [4.69, 9.17) is 23.2 Å². The molecule has 3 aromatic carbocycles. The van der Waals surface area contributed by atoms with Crippen molar-refractivity contribution in [3.05, 3.63) is 87.9 Å². The van der Waals surface area contributed by atoms with Crippen molar-refractivity contribution in [2.75, 3.05) is 0 Å². The van der Waals surface area contributed by atoms with Gasteiger partial charge >= 0.3 is 0 Å². The fourth-order valence-electron chi connectivity index (χ4n) is 2.71. The first-order chi connectivity index (χ1) is 13.6. The molecule has 0 unspecified atom stereocenters. The summed E-state index contributed by atoms with van der Waals surface area (Å²) < 4.78 is 0. The van der Waals surface area contributed by atoms with Gasteiger partial charge in [0, 0.05) is 21.7 Å². The van der Waals surface area contributed by atoms with Crippen LogP contribution in [0.2, 0.25) is 10.0 Å². The number of fused-ring (bicyclic) bond motifs is 1. The molecule has 5 nitrogen and oxygen atoms in total. The third kappa shape index (κ3) is 3.91. The molecule has 0 atom stereocenters. The number of carbonyl (C=O) groups is 1. The molecular formula is C21H14Cl2N4O. The average Bonchev–Trinajstić information content (AvgIpc) is 3.13. The number of benzene rings is 3. The molecule has 4 aromatic rings. The van der Waals surface area contributed by atoms with Crippen LogP contribution in [0.5, 0.6) is 0 Å². The van der Waals surface area contributed by atoms with Gasteiger partial charge in [0.1, 0.15) is 5.82 Å². The van der Waals surface area contributed by atoms with Crippen LogP contribution < -0.4 is 5.43 Å². The third-order valence-corrected chi connectivity index (χ3v) is 4.69. The number of aromatic nitrogens is 2. The first-order valence-electron chi connectivity index (χ1n) is 8.44. The molecule has 0 radical (unpaired) electrons. The van der Waals surface area contributed by atoms with Crippen LogP contribution in [0.15, 0.2) is 71.8 Å². The molecule has 0 aliphatic heterocycles. The van der Waals surface area contributed by atoms with Crippen LogP contribution in [0.1, 0.15) is 15.9 Å². The van der Waals surface area contributed by atoms with Gasteiger partial charge in [-0.05, 0) is 30.3 Å². The maximum atomic E-state index is 12.4. The summed E-state index contributed by atoms with van der Waals surface area (Å²) in [4.78, 5) is 20.2. The highest BCUT2D eigenvalue weighted by atomic mass is 35.5. The lowest BCUT2D eigenvalue weighted by atomic mass is 10.2. The topological polar surface area (TPSA) is 70.1 Å². The van der Waals surface area contributed by atoms with Crippen molar-refractivity contribution in [3.63, 3.8) is 0 Å². The molecular weight excluding hydrogens is 395 g/mol. The van der Waals surface area contributed by atoms with Gasteiger partial charge in [-0.25, -0.2) is 10.4 Å². The predicted octanol–water partition coefficient (Wildman–Crippen LogP) is 5.30. The number of rotatable bonds is 4. The Morgan fingerprint density at radius 3 is 2.64 bits per heavy atom. The number of hydrogen-bond donors (Lipinski definition) is 2. The first-order valence-corrected chi connectivity index (χ1v) is 9.19. The smallest absolute Gasteiger partial charge is 0.271 e. The van der Waals surface area contributed by atoms with Crippen LogP contribution in [0.3, 0.4) is 0 Å². The highest BCUT2D eigenvalue weighted by Crippen LogP contribution is 2.21. The van der Waals surface area contributed by atoms with Crippen molar-refractivity contribution in [3.8, 4) is 11.4 Å². The summed E-state index contributed by atoms with van der Waals surface area (Å²) in [6.45, 7) is 0. The molecule has 0 saturated carbocycles. The molecule has 138 valence electrons. The quantitative estimate of drug-likeness (QED) is 0.355. The van der Waals surface area contributed by atoms with Crippen molar-refractivity contribution in [1.29, 1.82) is 0 Å². The Morgan fingerprint density at radius 2 is 1.86 bits per heavy atom. The number of nitrogens with zero attached hydrogens (tertiary/aromatic N) is 2. The minimum absolute atomic E-state index is 0.334. The second-order valence-corrected chi connectivity index (χ2v) is 6.89. The number of imidazole rings is 1. The first kappa shape index (κ1) is 18.2. The molecule has 2 N–H and O–H groups in total. The van der Waals surface area contributed by atoms with Gasteiger partial charge in [-0.1, -0.05) is 59.6 Å². The number of nitrogens with one attached hydrogen (secondary N) is 2. The van der Waals surface area contributed by atoms with Crippen LogP contribution >= 0.6 is 23.2 Å². The number of halogens is 2. The number of hydrogen-bond acceptors (Lipinski definition) is 3. The number of H-pyrrole nitrogens is 1. The lowest BCUT2D eigenvalue weighted by Gasteiger charge is -2.01. The lowest BCUT2D eigenvalue weighted by molar-refractivity contribution is 0.0955. The number of hydrazone groups is 1. The van der Waals surface area contributed by atoms with E-state index in [0.717, 1.165) is 22.4 Å². The summed E-state index contributed by atoms with van der Waals surface area (Å²) in [7, 11) is 0. The van der Waals surface area contributed by atoms with E-state index in [9.17, 15) is 4.79 Å². The van der Waals surface area contributed by atoms with Crippen molar-refractivity contribution < 1.29 is 4.79 Å². The standard InChI is InChI=1S/C21H14Cl2N4O/c22-16-8-6-15(17(23)11-16)12-24-27-21(28)14-7-9-18-19(10-14)26-20(25-18)13-4-2-1-3-5-13/h1-12H,(H,25,26)(H,27,28)/b24-12+. The normalized spacial score (nSPS) is 11.2. The van der Waals surface area contributed by atoms with E-state index >= 15 is 0 Å². The van der Waals surface area contributed by atoms with Crippen LogP contribution in [0.25, 0.3) is 22.4 Å². The molecule has 1 aromatic heterocycles.